The molecule has 0 aromatic rings. The summed E-state index contributed by atoms with van der Waals surface area (Å²) < 4.78 is 61.4. The number of unbranched alkanes of at least 4 members (excludes halogenated alkanes) is 34. The number of esters is 3. The summed E-state index contributed by atoms with van der Waals surface area (Å²) in [6.07, 6.45) is 114. The Bertz CT molecular complexity index is 2770. The number of aliphatic hydroxyl groups is 2. The van der Waals surface area contributed by atoms with Crippen LogP contribution >= 0.6 is 15.6 Å². The van der Waals surface area contributed by atoms with Crippen LogP contribution in [-0.2, 0) is 55.8 Å². The molecule has 18 heteroatoms. The quantitative estimate of drug-likeness (QED) is 0.0146. The zero-order chi connectivity index (χ0) is 83.6. The van der Waals surface area contributed by atoms with Gasteiger partial charge in [0.1, 0.15) is 25.4 Å². The molecule has 0 heterocycles. The number of carbonyl (C=O) groups excluding carboxylic acids is 3. The molecular weight excluding hydrogens is 1480 g/mol. The summed E-state index contributed by atoms with van der Waals surface area (Å²) in [5.74, 6) is -1.59. The second-order valence-corrected chi connectivity index (χ2v) is 32.9. The van der Waals surface area contributed by atoms with E-state index in [1.807, 2.05) is 0 Å². The van der Waals surface area contributed by atoms with Crippen molar-refractivity contribution < 1.29 is 75.8 Å². The lowest BCUT2D eigenvalue weighted by Crippen LogP contribution is -2.30. The molecule has 0 radical (unpaired) electrons. The summed E-state index contributed by atoms with van der Waals surface area (Å²) in [7, 11) is -9.81. The van der Waals surface area contributed by atoms with Gasteiger partial charge in [-0.25, -0.2) is 9.13 Å². The first-order valence-electron chi connectivity index (χ1n) is 45.4. The highest BCUT2D eigenvalue weighted by atomic mass is 31.2. The highest BCUT2D eigenvalue weighted by Gasteiger charge is 2.29. The summed E-state index contributed by atoms with van der Waals surface area (Å²) in [6.45, 7) is 2.36. The monoisotopic (exact) mass is 1650 g/mol. The number of ether oxygens (including phenoxy) is 3. The third-order valence-corrected chi connectivity index (χ3v) is 20.8. The van der Waals surface area contributed by atoms with Gasteiger partial charge in [-0.15, -0.1) is 0 Å². The van der Waals surface area contributed by atoms with Gasteiger partial charge in [0.15, 0.2) is 6.10 Å². The molecule has 0 rings (SSSR count). The van der Waals surface area contributed by atoms with E-state index in [0.717, 1.165) is 186 Å². The van der Waals surface area contributed by atoms with Crippen molar-refractivity contribution in [2.45, 2.75) is 386 Å². The topological polar surface area (TPSA) is 231 Å². The molecule has 0 spiro atoms. The van der Waals surface area contributed by atoms with E-state index in [4.69, 9.17) is 32.3 Å². The first-order chi connectivity index (χ1) is 56.2. The molecule has 5 unspecified atom stereocenters. The van der Waals surface area contributed by atoms with E-state index in [1.165, 1.54) is 122 Å². The van der Waals surface area contributed by atoms with E-state index in [0.29, 0.717) is 19.3 Å². The van der Waals surface area contributed by atoms with Crippen LogP contribution in [0, 0.1) is 0 Å². The average Bonchev–Trinajstić information content (AvgIpc) is 0.897. The molecule has 0 saturated carbocycles. The predicted octanol–water partition coefficient (Wildman–Crippen LogP) is 27.9. The largest absolute Gasteiger partial charge is 0.472 e. The maximum absolute atomic E-state index is 13.0. The Morgan fingerprint density at radius 1 is 0.243 bits per heavy atom. The zero-order valence-corrected chi connectivity index (χ0v) is 74.2. The second-order valence-electron chi connectivity index (χ2n) is 30.0. The maximum atomic E-state index is 13.0. The van der Waals surface area contributed by atoms with Crippen molar-refractivity contribution in [3.8, 4) is 0 Å². The molecule has 0 aliphatic carbocycles. The predicted molar refractivity (Wildman–Crippen MR) is 482 cm³/mol. The van der Waals surface area contributed by atoms with Gasteiger partial charge >= 0.3 is 33.6 Å². The van der Waals surface area contributed by atoms with E-state index >= 15 is 0 Å². The summed E-state index contributed by atoms with van der Waals surface area (Å²) >= 11 is 0. The molecule has 0 aromatic heterocycles. The lowest BCUT2D eigenvalue weighted by Gasteiger charge is -2.21. The summed E-state index contributed by atoms with van der Waals surface area (Å²) in [5.41, 5.74) is 0. The molecule has 0 aliphatic rings. The van der Waals surface area contributed by atoms with Gasteiger partial charge in [-0.05, 0) is 148 Å². The van der Waals surface area contributed by atoms with Crippen molar-refractivity contribution in [3.05, 3.63) is 170 Å². The molecule has 5 atom stereocenters. The van der Waals surface area contributed by atoms with Gasteiger partial charge in [0.25, 0.3) is 0 Å². The van der Waals surface area contributed by atoms with Gasteiger partial charge in [0, 0.05) is 19.3 Å². The van der Waals surface area contributed by atoms with Crippen LogP contribution in [0.3, 0.4) is 0 Å². The number of rotatable bonds is 85. The van der Waals surface area contributed by atoms with E-state index in [9.17, 15) is 43.5 Å². The van der Waals surface area contributed by atoms with Crippen LogP contribution in [0.5, 0.6) is 0 Å². The lowest BCUT2D eigenvalue weighted by molar-refractivity contribution is -0.161. The third kappa shape index (κ3) is 89.5. The highest BCUT2D eigenvalue weighted by Crippen LogP contribution is 2.45. The Morgan fingerprint density at radius 2 is 0.435 bits per heavy atom. The summed E-state index contributed by atoms with van der Waals surface area (Å²) in [6, 6.07) is 0. The number of aliphatic hydroxyl groups excluding tert-OH is 2. The fourth-order valence-electron chi connectivity index (χ4n) is 12.1. The smallest absolute Gasteiger partial charge is 0.463 e. The molecule has 0 aliphatic heterocycles. The van der Waals surface area contributed by atoms with Crippen molar-refractivity contribution in [1.82, 2.24) is 0 Å². The third-order valence-electron chi connectivity index (χ3n) is 18.9. The Hall–Kier alpha value is -5.09. The van der Waals surface area contributed by atoms with E-state index in [1.54, 1.807) is 0 Å². The van der Waals surface area contributed by atoms with E-state index in [-0.39, 0.29) is 19.3 Å². The Labute approximate surface area is 701 Å². The maximum Gasteiger partial charge on any atom is 0.472 e. The van der Waals surface area contributed by atoms with Crippen molar-refractivity contribution in [1.29, 1.82) is 0 Å². The number of hydrogen-bond donors (Lipinski definition) is 4. The number of hydrogen-bond acceptors (Lipinski definition) is 14. The molecule has 0 aromatic carbocycles. The molecule has 0 amide bonds. The zero-order valence-electron chi connectivity index (χ0n) is 72.4. The van der Waals surface area contributed by atoms with Crippen LogP contribution in [0.1, 0.15) is 367 Å². The molecule has 0 bridgehead atoms. The van der Waals surface area contributed by atoms with E-state index in [2.05, 4.69) is 191 Å². The first kappa shape index (κ1) is 110. The van der Waals surface area contributed by atoms with Crippen LogP contribution in [0.25, 0.3) is 0 Å². The normalized spacial score (nSPS) is 14.6. The standard InChI is InChI=1S/C97H164O16P2/c1-4-7-10-13-16-19-22-25-28-31-33-35-37-39-41-43-44-45-46-48-50-51-53-55-57-60-62-65-68-71-74-77-80-83-95(100)107-86-92(98)87-109-114(103,104)110-88-93(99)89-111-115(105,106)112-91-94(113-97(102)85-82-79-76-73-70-67-64-59-30-27-24-21-18-15-12-9-6-3)90-108-96(101)84-81-78-75-72-69-66-63-61-58-56-54-52-49-47-42-40-38-36-34-32-29-26-23-20-17-14-11-8-5-2/h7-12,16-21,25-30,33-36,39-42,49,52,92-94,98-99H,4-6,13-15,22-24,31-32,37-38,43-48,50-51,53-91H2,1-3H3,(H,103,104)(H,105,106)/b10-7-,11-8-,12-9-,19-16-,20-17-,21-18-,28-25-,29-26-,30-27-,35-33-,36-34-,41-39-,42-40-,52-49-. The summed E-state index contributed by atoms with van der Waals surface area (Å²) in [5, 5.41) is 20.7. The molecular formula is C97H164O16P2. The fourth-order valence-corrected chi connectivity index (χ4v) is 13.7. The van der Waals surface area contributed by atoms with Crippen molar-refractivity contribution in [3.63, 3.8) is 0 Å². The lowest BCUT2D eigenvalue weighted by atomic mass is 10.0. The minimum atomic E-state index is -4.95. The van der Waals surface area contributed by atoms with Gasteiger partial charge < -0.3 is 34.2 Å². The number of allylic oxidation sites excluding steroid dienone is 28. The van der Waals surface area contributed by atoms with Gasteiger partial charge in [-0.3, -0.25) is 32.5 Å². The Kier molecular flexibility index (Phi) is 84.3. The number of phosphoric ester groups is 2. The van der Waals surface area contributed by atoms with Crippen LogP contribution in [0.4, 0.5) is 0 Å². The molecule has 658 valence electrons. The molecule has 0 saturated heterocycles. The second kappa shape index (κ2) is 88.2. The molecule has 115 heavy (non-hydrogen) atoms. The van der Waals surface area contributed by atoms with Crippen molar-refractivity contribution >= 4 is 33.6 Å². The minimum absolute atomic E-state index is 0.0886. The van der Waals surface area contributed by atoms with Gasteiger partial charge in [-0.2, -0.15) is 0 Å². The fraction of sp³-hybridized carbons (Fsp3) is 0.680. The van der Waals surface area contributed by atoms with Gasteiger partial charge in [0.05, 0.1) is 26.4 Å². The number of carbonyl (C=O) groups is 3. The Morgan fingerprint density at radius 3 is 0.687 bits per heavy atom. The summed E-state index contributed by atoms with van der Waals surface area (Å²) in [4.78, 5) is 58.9. The SMILES string of the molecule is CC/C=C\C/C=C\C/C=C\C/C=C\C/C=C\C/C=C\CCCCCCCCCCCCC(=O)OCC(COP(=O)(O)OCC(O)COP(=O)(O)OCC(O)COC(=O)CCCCCCCCCCCCCCCCCCC/C=C\C/C=C\C/C=C\C/C=C\C/C=C\CC)OC(=O)CCCCCCCCC/C=C\C/C=C\C/C=C\CC. The minimum Gasteiger partial charge on any atom is -0.463 e. The van der Waals surface area contributed by atoms with E-state index < -0.39 is 91.5 Å². The molecule has 16 nitrogen and oxygen atoms in total. The molecule has 0 fully saturated rings. The van der Waals surface area contributed by atoms with Crippen LogP contribution in [0.15, 0.2) is 170 Å². The highest BCUT2D eigenvalue weighted by molar-refractivity contribution is 7.47. The molecule has 4 N–H and O–H groups in total. The van der Waals surface area contributed by atoms with Gasteiger partial charge in [0.2, 0.25) is 0 Å². The van der Waals surface area contributed by atoms with Crippen molar-refractivity contribution in [2.24, 2.45) is 0 Å². The van der Waals surface area contributed by atoms with Crippen molar-refractivity contribution in [2.75, 3.05) is 39.6 Å². The van der Waals surface area contributed by atoms with Crippen LogP contribution in [0.2, 0.25) is 0 Å². The number of phosphoric acid groups is 2. The average molecular weight is 1650 g/mol. The van der Waals surface area contributed by atoms with Crippen LogP contribution < -0.4 is 0 Å². The Balaban J connectivity index is 4.51. The first-order valence-corrected chi connectivity index (χ1v) is 48.4. The van der Waals surface area contributed by atoms with Crippen LogP contribution in [-0.4, -0.2) is 95.9 Å². The van der Waals surface area contributed by atoms with Gasteiger partial charge in [-0.1, -0.05) is 371 Å².